The molecule has 1 saturated heterocycles. The lowest BCUT2D eigenvalue weighted by molar-refractivity contribution is -0.124. The van der Waals surface area contributed by atoms with Crippen LogP contribution in [0.3, 0.4) is 0 Å². The van der Waals surface area contributed by atoms with Gasteiger partial charge in [-0.25, -0.2) is 0 Å². The maximum absolute atomic E-state index is 13.3. The van der Waals surface area contributed by atoms with Crippen molar-refractivity contribution in [3.63, 3.8) is 0 Å². The summed E-state index contributed by atoms with van der Waals surface area (Å²) in [5.74, 6) is 1.46. The summed E-state index contributed by atoms with van der Waals surface area (Å²) >= 11 is 0. The van der Waals surface area contributed by atoms with Crippen molar-refractivity contribution < 1.29 is 15.0 Å². The maximum atomic E-state index is 13.3. The number of hydrogen-bond donors (Lipinski definition) is 4. The predicted molar refractivity (Wildman–Crippen MR) is 140 cm³/mol. The molecule has 2 unspecified atom stereocenters. The van der Waals surface area contributed by atoms with Crippen LogP contribution in [0.1, 0.15) is 57.2 Å². The van der Waals surface area contributed by atoms with E-state index in [0.717, 1.165) is 43.6 Å². The smallest absolute Gasteiger partial charge is 0.237 e. The van der Waals surface area contributed by atoms with E-state index in [1.54, 1.807) is 18.2 Å². The fourth-order valence-electron chi connectivity index (χ4n) is 5.67. The van der Waals surface area contributed by atoms with E-state index in [-0.39, 0.29) is 29.2 Å². The molecule has 35 heavy (non-hydrogen) atoms. The number of hydrogen-bond acceptors (Lipinski definition) is 5. The lowest BCUT2D eigenvalue weighted by Gasteiger charge is -2.46. The molecule has 6 nitrogen and oxygen atoms in total. The van der Waals surface area contributed by atoms with Crippen LogP contribution in [0.2, 0.25) is 0 Å². The van der Waals surface area contributed by atoms with Crippen molar-refractivity contribution in [3.05, 3.63) is 59.2 Å². The number of benzene rings is 2. The predicted octanol–water partition coefficient (Wildman–Crippen LogP) is 3.94. The lowest BCUT2D eigenvalue weighted by atomic mass is 9.68. The molecule has 4 rings (SSSR count). The highest BCUT2D eigenvalue weighted by molar-refractivity contribution is 5.82. The summed E-state index contributed by atoms with van der Waals surface area (Å²) in [5, 5.41) is 26.5. The number of aromatic hydroxyl groups is 2. The fraction of sp³-hybridized carbons (Fsp3) is 0.552. The standard InChI is InChI=1S/C29H41N3O3/c1-5-19(2)27(31-28(35)26-14-21-9-10-25(34)13-22(21)16-30-26)18-32-12-11-29(4,20(3)17-32)23-7-6-8-24(33)15-23/h6-10,13,15,19-20,26-27,30,33-34H,5,11-12,14,16-18H2,1-4H3,(H,31,35)/t19?,20-,26?,27+,29+/m0/s1. The van der Waals surface area contributed by atoms with Crippen molar-refractivity contribution in [1.82, 2.24) is 15.5 Å². The van der Waals surface area contributed by atoms with Crippen LogP contribution >= 0.6 is 0 Å². The van der Waals surface area contributed by atoms with Gasteiger partial charge in [0.1, 0.15) is 11.5 Å². The molecule has 0 radical (unpaired) electrons. The second-order valence-corrected chi connectivity index (χ2v) is 11.0. The average Bonchev–Trinajstić information content (AvgIpc) is 2.85. The number of rotatable bonds is 7. The van der Waals surface area contributed by atoms with Gasteiger partial charge in [0, 0.05) is 25.7 Å². The number of piperidine rings is 1. The summed E-state index contributed by atoms with van der Waals surface area (Å²) < 4.78 is 0. The SMILES string of the molecule is CCC(C)[C@@H](CN1CC[C@@](C)(c2cccc(O)c2)[C@@H](C)C1)NC(=O)C1Cc2ccc(O)cc2CN1. The van der Waals surface area contributed by atoms with Gasteiger partial charge in [0.15, 0.2) is 0 Å². The summed E-state index contributed by atoms with van der Waals surface area (Å²) in [4.78, 5) is 15.8. The largest absolute Gasteiger partial charge is 0.508 e. The zero-order valence-electron chi connectivity index (χ0n) is 21.6. The van der Waals surface area contributed by atoms with Crippen molar-refractivity contribution in [2.24, 2.45) is 11.8 Å². The van der Waals surface area contributed by atoms with Crippen molar-refractivity contribution in [2.75, 3.05) is 19.6 Å². The molecule has 6 heteroatoms. The Balaban J connectivity index is 1.39. The van der Waals surface area contributed by atoms with Crippen LogP contribution in [-0.4, -0.2) is 52.7 Å². The Labute approximate surface area is 209 Å². The highest BCUT2D eigenvalue weighted by atomic mass is 16.3. The van der Waals surface area contributed by atoms with Gasteiger partial charge in [0.2, 0.25) is 5.91 Å². The molecule has 0 aliphatic carbocycles. The fourth-order valence-corrected chi connectivity index (χ4v) is 5.67. The van der Waals surface area contributed by atoms with Gasteiger partial charge in [0.25, 0.3) is 0 Å². The molecular weight excluding hydrogens is 438 g/mol. The Morgan fingerprint density at radius 3 is 2.69 bits per heavy atom. The first kappa shape index (κ1) is 25.5. The minimum Gasteiger partial charge on any atom is -0.508 e. The third-order valence-corrected chi connectivity index (χ3v) is 8.66. The highest BCUT2D eigenvalue weighted by Gasteiger charge is 2.39. The van der Waals surface area contributed by atoms with Crippen LogP contribution in [0.15, 0.2) is 42.5 Å². The van der Waals surface area contributed by atoms with E-state index in [2.05, 4.69) is 49.3 Å². The van der Waals surface area contributed by atoms with E-state index >= 15 is 0 Å². The Kier molecular flexibility index (Phi) is 7.72. The Hall–Kier alpha value is -2.57. The zero-order chi connectivity index (χ0) is 25.2. The first-order valence-corrected chi connectivity index (χ1v) is 13.1. The van der Waals surface area contributed by atoms with E-state index < -0.39 is 0 Å². The first-order valence-electron chi connectivity index (χ1n) is 13.1. The molecule has 1 amide bonds. The molecule has 0 aromatic heterocycles. The minimum absolute atomic E-state index is 0.0260. The van der Waals surface area contributed by atoms with Crippen molar-refractivity contribution >= 4 is 5.91 Å². The molecule has 0 saturated carbocycles. The van der Waals surface area contributed by atoms with Crippen molar-refractivity contribution in [2.45, 2.75) is 71.0 Å². The van der Waals surface area contributed by atoms with Crippen molar-refractivity contribution in [1.29, 1.82) is 0 Å². The normalized spacial score (nSPS) is 26.5. The molecule has 5 atom stereocenters. The van der Waals surface area contributed by atoms with Crippen LogP contribution in [0, 0.1) is 11.8 Å². The number of likely N-dealkylation sites (tertiary alicyclic amines) is 1. The first-order chi connectivity index (χ1) is 16.7. The van der Waals surface area contributed by atoms with Gasteiger partial charge in [0.05, 0.1) is 6.04 Å². The van der Waals surface area contributed by atoms with Gasteiger partial charge in [-0.2, -0.15) is 0 Å². The minimum atomic E-state index is -0.257. The summed E-state index contributed by atoms with van der Waals surface area (Å²) in [5.41, 5.74) is 3.41. The molecule has 0 spiro atoms. The molecule has 2 aliphatic heterocycles. The lowest BCUT2D eigenvalue weighted by Crippen LogP contribution is -2.56. The number of amides is 1. The number of phenols is 2. The Morgan fingerprint density at radius 1 is 1.20 bits per heavy atom. The maximum Gasteiger partial charge on any atom is 0.237 e. The monoisotopic (exact) mass is 479 g/mol. The van der Waals surface area contributed by atoms with Gasteiger partial charge >= 0.3 is 0 Å². The number of carbonyl (C=O) groups excluding carboxylic acids is 1. The van der Waals surface area contributed by atoms with Gasteiger partial charge in [-0.3, -0.25) is 4.79 Å². The van der Waals surface area contributed by atoms with Crippen LogP contribution in [0.4, 0.5) is 0 Å². The summed E-state index contributed by atoms with van der Waals surface area (Å²) in [6.45, 7) is 12.4. The topological polar surface area (TPSA) is 84.8 Å². The van der Waals surface area contributed by atoms with Gasteiger partial charge in [-0.05, 0) is 77.6 Å². The highest BCUT2D eigenvalue weighted by Crippen LogP contribution is 2.40. The number of nitrogens with one attached hydrogen (secondary N) is 2. The number of phenolic OH excluding ortho intramolecular Hbond substituents is 2. The second kappa shape index (κ2) is 10.6. The van der Waals surface area contributed by atoms with Crippen LogP contribution < -0.4 is 10.6 Å². The molecule has 2 aliphatic rings. The van der Waals surface area contributed by atoms with E-state index in [0.29, 0.717) is 30.6 Å². The number of fused-ring (bicyclic) bond motifs is 1. The zero-order valence-corrected chi connectivity index (χ0v) is 21.6. The van der Waals surface area contributed by atoms with Gasteiger partial charge in [-0.1, -0.05) is 52.3 Å². The second-order valence-electron chi connectivity index (χ2n) is 11.0. The summed E-state index contributed by atoms with van der Waals surface area (Å²) in [7, 11) is 0. The van der Waals surface area contributed by atoms with Gasteiger partial charge < -0.3 is 25.7 Å². The molecule has 190 valence electrons. The van der Waals surface area contributed by atoms with E-state index in [9.17, 15) is 15.0 Å². The quantitative estimate of drug-likeness (QED) is 0.483. The molecule has 2 aromatic rings. The van der Waals surface area contributed by atoms with E-state index in [4.69, 9.17) is 0 Å². The van der Waals surface area contributed by atoms with Gasteiger partial charge in [-0.15, -0.1) is 0 Å². The molecule has 0 bridgehead atoms. The molecule has 2 heterocycles. The molecule has 2 aromatic carbocycles. The van der Waals surface area contributed by atoms with Crippen LogP contribution in [-0.2, 0) is 23.2 Å². The number of nitrogens with zero attached hydrogens (tertiary/aromatic N) is 1. The molecular formula is C29H41N3O3. The molecule has 4 N–H and O–H groups in total. The summed E-state index contributed by atoms with van der Waals surface area (Å²) in [6, 6.07) is 12.9. The molecule has 1 fully saturated rings. The third kappa shape index (κ3) is 5.65. The average molecular weight is 480 g/mol. The Bertz CT molecular complexity index is 1040. The summed E-state index contributed by atoms with van der Waals surface area (Å²) in [6.07, 6.45) is 2.67. The third-order valence-electron chi connectivity index (χ3n) is 8.66. The van der Waals surface area contributed by atoms with E-state index in [1.807, 2.05) is 18.2 Å². The van der Waals surface area contributed by atoms with Crippen LogP contribution in [0.5, 0.6) is 11.5 Å². The van der Waals surface area contributed by atoms with E-state index in [1.165, 1.54) is 5.56 Å². The Morgan fingerprint density at radius 2 is 1.97 bits per heavy atom. The number of carbonyl (C=O) groups is 1. The van der Waals surface area contributed by atoms with Crippen molar-refractivity contribution in [3.8, 4) is 11.5 Å². The van der Waals surface area contributed by atoms with Crippen LogP contribution in [0.25, 0.3) is 0 Å².